The van der Waals surface area contributed by atoms with E-state index in [4.69, 9.17) is 17.0 Å². The molecule has 0 aliphatic rings. The van der Waals surface area contributed by atoms with E-state index in [1.165, 1.54) is 5.56 Å². The monoisotopic (exact) mass is 350 g/mol. The molecule has 1 heterocycles. The summed E-state index contributed by atoms with van der Waals surface area (Å²) in [5.41, 5.74) is 3.03. The highest BCUT2D eigenvalue weighted by molar-refractivity contribution is 7.71. The van der Waals surface area contributed by atoms with Gasteiger partial charge in [0.1, 0.15) is 12.4 Å². The Labute approximate surface area is 151 Å². The lowest BCUT2D eigenvalue weighted by Gasteiger charge is -2.04. The van der Waals surface area contributed by atoms with Crippen LogP contribution in [0.4, 0.5) is 0 Å². The molecule has 0 unspecified atom stereocenters. The zero-order valence-corrected chi connectivity index (χ0v) is 14.7. The third-order valence-corrected chi connectivity index (χ3v) is 3.77. The van der Waals surface area contributed by atoms with Crippen LogP contribution in [0.1, 0.15) is 11.1 Å². The second kappa shape index (κ2) is 7.72. The van der Waals surface area contributed by atoms with Crippen molar-refractivity contribution in [1.29, 1.82) is 0 Å². The number of hydrogen-bond acceptors (Lipinski definition) is 4. The molecule has 6 heteroatoms. The minimum Gasteiger partial charge on any atom is -0.490 e. The van der Waals surface area contributed by atoms with Gasteiger partial charge in [-0.1, -0.05) is 54.6 Å². The zero-order chi connectivity index (χ0) is 17.6. The third-order valence-electron chi connectivity index (χ3n) is 3.51. The Hall–Kier alpha value is -2.99. The van der Waals surface area contributed by atoms with Gasteiger partial charge < -0.3 is 4.74 Å². The SMILES string of the molecule is C=CCOc1cccc(/C=N\n2c(-c3ccc(C)cc3)n[nH]c2=S)c1. The van der Waals surface area contributed by atoms with Crippen LogP contribution in [0.3, 0.4) is 0 Å². The van der Waals surface area contributed by atoms with E-state index >= 15 is 0 Å². The van der Waals surface area contributed by atoms with Crippen LogP contribution in [0, 0.1) is 11.7 Å². The van der Waals surface area contributed by atoms with Crippen molar-refractivity contribution in [3.05, 3.63) is 77.1 Å². The molecule has 0 amide bonds. The normalized spacial score (nSPS) is 10.9. The highest BCUT2D eigenvalue weighted by atomic mass is 32.1. The third kappa shape index (κ3) is 4.10. The van der Waals surface area contributed by atoms with Crippen LogP contribution < -0.4 is 4.74 Å². The number of benzene rings is 2. The Bertz CT molecular complexity index is 954. The molecule has 0 saturated heterocycles. The van der Waals surface area contributed by atoms with E-state index in [0.717, 1.165) is 16.9 Å². The molecular weight excluding hydrogens is 332 g/mol. The lowest BCUT2D eigenvalue weighted by Crippen LogP contribution is -1.96. The number of aromatic nitrogens is 3. The predicted octanol–water partition coefficient (Wildman–Crippen LogP) is 4.36. The van der Waals surface area contributed by atoms with E-state index in [1.807, 2.05) is 55.5 Å². The summed E-state index contributed by atoms with van der Waals surface area (Å²) in [6, 6.07) is 15.7. The van der Waals surface area contributed by atoms with Crippen molar-refractivity contribution < 1.29 is 4.74 Å². The summed E-state index contributed by atoms with van der Waals surface area (Å²) in [6.45, 7) is 6.15. The van der Waals surface area contributed by atoms with Crippen LogP contribution in [0.25, 0.3) is 11.4 Å². The molecule has 1 N–H and O–H groups in total. The first-order valence-corrected chi connectivity index (χ1v) is 8.21. The lowest BCUT2D eigenvalue weighted by atomic mass is 10.1. The van der Waals surface area contributed by atoms with Gasteiger partial charge in [-0.2, -0.15) is 14.9 Å². The topological polar surface area (TPSA) is 55.2 Å². The first-order valence-electron chi connectivity index (χ1n) is 7.80. The van der Waals surface area contributed by atoms with Gasteiger partial charge in [-0.3, -0.25) is 0 Å². The Balaban J connectivity index is 1.89. The molecule has 0 saturated carbocycles. The quantitative estimate of drug-likeness (QED) is 0.408. The fraction of sp³-hybridized carbons (Fsp3) is 0.105. The number of aryl methyl sites for hydroxylation is 1. The van der Waals surface area contributed by atoms with Crippen molar-refractivity contribution >= 4 is 18.4 Å². The molecule has 126 valence electrons. The lowest BCUT2D eigenvalue weighted by molar-refractivity contribution is 0.363. The van der Waals surface area contributed by atoms with E-state index in [2.05, 4.69) is 21.9 Å². The smallest absolute Gasteiger partial charge is 0.216 e. The molecule has 0 atom stereocenters. The summed E-state index contributed by atoms with van der Waals surface area (Å²) in [4.78, 5) is 0. The average molecular weight is 350 g/mol. The Morgan fingerprint density at radius 1 is 1.28 bits per heavy atom. The van der Waals surface area contributed by atoms with Gasteiger partial charge in [0, 0.05) is 5.56 Å². The maximum Gasteiger partial charge on any atom is 0.216 e. The zero-order valence-electron chi connectivity index (χ0n) is 13.8. The maximum absolute atomic E-state index is 5.54. The summed E-state index contributed by atoms with van der Waals surface area (Å²) >= 11 is 5.29. The van der Waals surface area contributed by atoms with E-state index in [0.29, 0.717) is 17.2 Å². The Kier molecular flexibility index (Phi) is 5.20. The van der Waals surface area contributed by atoms with Gasteiger partial charge in [-0.05, 0) is 36.8 Å². The number of rotatable bonds is 6. The van der Waals surface area contributed by atoms with Crippen LogP contribution in [-0.2, 0) is 0 Å². The second-order valence-corrected chi connectivity index (χ2v) is 5.83. The van der Waals surface area contributed by atoms with Crippen molar-refractivity contribution in [3.8, 4) is 17.1 Å². The van der Waals surface area contributed by atoms with Crippen LogP contribution >= 0.6 is 12.2 Å². The Morgan fingerprint density at radius 2 is 2.08 bits per heavy atom. The van der Waals surface area contributed by atoms with E-state index in [9.17, 15) is 0 Å². The van der Waals surface area contributed by atoms with Crippen molar-refractivity contribution in [2.45, 2.75) is 6.92 Å². The maximum atomic E-state index is 5.54. The molecular formula is C19H18N4OS. The van der Waals surface area contributed by atoms with Gasteiger partial charge in [-0.15, -0.1) is 0 Å². The molecule has 0 aliphatic heterocycles. The fourth-order valence-corrected chi connectivity index (χ4v) is 2.43. The van der Waals surface area contributed by atoms with Crippen molar-refractivity contribution in [2.75, 3.05) is 6.61 Å². The molecule has 0 aliphatic carbocycles. The van der Waals surface area contributed by atoms with Crippen molar-refractivity contribution in [3.63, 3.8) is 0 Å². The fourth-order valence-electron chi connectivity index (χ4n) is 2.25. The van der Waals surface area contributed by atoms with Gasteiger partial charge >= 0.3 is 0 Å². The minimum atomic E-state index is 0.436. The molecule has 5 nitrogen and oxygen atoms in total. The molecule has 0 spiro atoms. The molecule has 2 aromatic carbocycles. The highest BCUT2D eigenvalue weighted by Gasteiger charge is 2.07. The first-order chi connectivity index (χ1) is 12.2. The predicted molar refractivity (Wildman–Crippen MR) is 103 cm³/mol. The Morgan fingerprint density at radius 3 is 2.84 bits per heavy atom. The highest BCUT2D eigenvalue weighted by Crippen LogP contribution is 2.18. The van der Waals surface area contributed by atoms with Crippen LogP contribution in [0.15, 0.2) is 66.3 Å². The standard InChI is InChI=1S/C19H18N4OS/c1-3-11-24-17-6-4-5-15(12-17)13-20-23-18(21-22-19(23)25)16-9-7-14(2)8-10-16/h3-10,12-13H,1,11H2,2H3,(H,22,25)/b20-13-. The number of hydrogen-bond donors (Lipinski definition) is 1. The van der Waals surface area contributed by atoms with Gasteiger partial charge in [-0.25, -0.2) is 5.10 Å². The number of ether oxygens (including phenoxy) is 1. The molecule has 3 rings (SSSR count). The minimum absolute atomic E-state index is 0.436. The summed E-state index contributed by atoms with van der Waals surface area (Å²) in [7, 11) is 0. The molecule has 0 bridgehead atoms. The number of nitrogens with one attached hydrogen (secondary N) is 1. The molecule has 25 heavy (non-hydrogen) atoms. The summed E-state index contributed by atoms with van der Waals surface area (Å²) < 4.78 is 7.58. The van der Waals surface area contributed by atoms with E-state index in [-0.39, 0.29) is 0 Å². The average Bonchev–Trinajstić information content (AvgIpc) is 3.00. The van der Waals surface area contributed by atoms with Gasteiger partial charge in [0.2, 0.25) is 4.77 Å². The summed E-state index contributed by atoms with van der Waals surface area (Å²) in [5.74, 6) is 1.43. The number of H-pyrrole nitrogens is 1. The van der Waals surface area contributed by atoms with Gasteiger partial charge in [0.05, 0.1) is 6.21 Å². The molecule has 3 aromatic rings. The van der Waals surface area contributed by atoms with Crippen LogP contribution in [0.5, 0.6) is 5.75 Å². The molecule has 0 radical (unpaired) electrons. The summed E-state index contributed by atoms with van der Waals surface area (Å²) in [5, 5.41) is 11.5. The van der Waals surface area contributed by atoms with E-state index in [1.54, 1.807) is 17.0 Å². The van der Waals surface area contributed by atoms with Crippen molar-refractivity contribution in [2.24, 2.45) is 5.10 Å². The molecule has 1 aromatic heterocycles. The van der Waals surface area contributed by atoms with Crippen molar-refractivity contribution in [1.82, 2.24) is 14.9 Å². The molecule has 0 fully saturated rings. The largest absolute Gasteiger partial charge is 0.490 e. The first kappa shape index (κ1) is 16.9. The number of aromatic amines is 1. The van der Waals surface area contributed by atoms with Crippen LogP contribution in [0.2, 0.25) is 0 Å². The number of nitrogens with zero attached hydrogens (tertiary/aromatic N) is 3. The van der Waals surface area contributed by atoms with Gasteiger partial charge in [0.15, 0.2) is 5.82 Å². The van der Waals surface area contributed by atoms with E-state index < -0.39 is 0 Å². The van der Waals surface area contributed by atoms with Crippen LogP contribution in [-0.4, -0.2) is 27.7 Å². The summed E-state index contributed by atoms with van der Waals surface area (Å²) in [6.07, 6.45) is 3.43. The second-order valence-electron chi connectivity index (χ2n) is 5.45. The van der Waals surface area contributed by atoms with Gasteiger partial charge in [0.25, 0.3) is 0 Å².